The molecule has 0 saturated carbocycles. The van der Waals surface area contributed by atoms with Crippen molar-refractivity contribution >= 4 is 35.1 Å². The molecule has 6 nitrogen and oxygen atoms in total. The van der Waals surface area contributed by atoms with Gasteiger partial charge >= 0.3 is 11.9 Å². The number of aliphatic carboxylic acids is 2. The zero-order chi connectivity index (χ0) is 20.0. The molecule has 0 radical (unpaired) electrons. The van der Waals surface area contributed by atoms with Crippen LogP contribution in [0.3, 0.4) is 0 Å². The highest BCUT2D eigenvalue weighted by Gasteiger charge is 2.20. The molecule has 0 amide bonds. The van der Waals surface area contributed by atoms with Crippen molar-refractivity contribution < 1.29 is 38.8 Å². The number of aliphatic hydroxyl groups excluding tert-OH is 2. The van der Waals surface area contributed by atoms with Crippen LogP contribution in [0.2, 0.25) is 10.0 Å². The number of carbonyl (C=O) groups is 2. The second-order valence-electron chi connectivity index (χ2n) is 4.81. The SMILES string of the molecule is O=C(O)[C@@H](O)c1ccc(Cl)cc1F.O=C(O)[C@@H](O)c1ccc(Cl)cc1F. The fourth-order valence-electron chi connectivity index (χ4n) is 1.71. The summed E-state index contributed by atoms with van der Waals surface area (Å²) in [5.41, 5.74) is -0.589. The molecule has 4 N–H and O–H groups in total. The predicted octanol–water partition coefficient (Wildman–Crippen LogP) is 3.19. The van der Waals surface area contributed by atoms with E-state index < -0.39 is 35.8 Å². The molecule has 26 heavy (non-hydrogen) atoms. The lowest BCUT2D eigenvalue weighted by Gasteiger charge is -2.06. The van der Waals surface area contributed by atoms with Crippen LogP contribution < -0.4 is 0 Å². The minimum Gasteiger partial charge on any atom is -0.479 e. The maximum atomic E-state index is 13.0. The Balaban J connectivity index is 0.000000260. The summed E-state index contributed by atoms with van der Waals surface area (Å²) in [6.45, 7) is 0. The van der Waals surface area contributed by atoms with E-state index in [0.717, 1.165) is 24.3 Å². The van der Waals surface area contributed by atoms with E-state index in [-0.39, 0.29) is 21.2 Å². The molecule has 2 atom stereocenters. The fourth-order valence-corrected chi connectivity index (χ4v) is 2.03. The van der Waals surface area contributed by atoms with Crippen molar-refractivity contribution in [1.82, 2.24) is 0 Å². The van der Waals surface area contributed by atoms with Gasteiger partial charge in [0.15, 0.2) is 12.2 Å². The number of carboxylic acids is 2. The normalized spacial score (nSPS) is 12.5. The van der Waals surface area contributed by atoms with Gasteiger partial charge in [-0.15, -0.1) is 0 Å². The first-order chi connectivity index (χ1) is 12.0. The molecule has 2 rings (SSSR count). The van der Waals surface area contributed by atoms with Gasteiger partial charge in [-0.2, -0.15) is 0 Å². The predicted molar refractivity (Wildman–Crippen MR) is 88.0 cm³/mol. The van der Waals surface area contributed by atoms with Crippen LogP contribution in [0.25, 0.3) is 0 Å². The number of hydrogen-bond donors (Lipinski definition) is 4. The molecule has 2 aromatic carbocycles. The number of carboxylic acid groups (broad SMARTS) is 2. The van der Waals surface area contributed by atoms with E-state index in [1.54, 1.807) is 0 Å². The second-order valence-corrected chi connectivity index (χ2v) is 5.69. The highest BCUT2D eigenvalue weighted by molar-refractivity contribution is 6.30. The average Bonchev–Trinajstić information content (AvgIpc) is 2.54. The zero-order valence-electron chi connectivity index (χ0n) is 12.7. The molecule has 0 spiro atoms. The first kappa shape index (κ1) is 21.8. The minimum absolute atomic E-state index is 0.152. The van der Waals surface area contributed by atoms with Gasteiger partial charge in [-0.25, -0.2) is 18.4 Å². The third-order valence-corrected chi connectivity index (χ3v) is 3.45. The summed E-state index contributed by atoms with van der Waals surface area (Å²) in [7, 11) is 0. The topological polar surface area (TPSA) is 115 Å². The summed E-state index contributed by atoms with van der Waals surface area (Å²) >= 11 is 10.9. The summed E-state index contributed by atoms with van der Waals surface area (Å²) in [6, 6.07) is 6.79. The highest BCUT2D eigenvalue weighted by atomic mass is 35.5. The summed E-state index contributed by atoms with van der Waals surface area (Å²) in [5.74, 6) is -4.66. The van der Waals surface area contributed by atoms with Crippen LogP contribution in [0.5, 0.6) is 0 Å². The number of halogens is 4. The van der Waals surface area contributed by atoms with Crippen LogP contribution in [-0.4, -0.2) is 32.4 Å². The Morgan fingerprint density at radius 3 is 1.31 bits per heavy atom. The second kappa shape index (κ2) is 9.44. The largest absolute Gasteiger partial charge is 0.479 e. The Labute approximate surface area is 155 Å². The van der Waals surface area contributed by atoms with Crippen molar-refractivity contribution in [3.05, 3.63) is 69.2 Å². The molecule has 10 heteroatoms. The van der Waals surface area contributed by atoms with Gasteiger partial charge in [0, 0.05) is 21.2 Å². The summed E-state index contributed by atoms with van der Waals surface area (Å²) in [5, 5.41) is 35.0. The Kier molecular flexibility index (Phi) is 7.91. The van der Waals surface area contributed by atoms with Crippen LogP contribution in [0, 0.1) is 11.6 Å². The first-order valence-corrected chi connectivity index (χ1v) is 7.51. The lowest BCUT2D eigenvalue weighted by Crippen LogP contribution is -2.11. The van der Waals surface area contributed by atoms with Gasteiger partial charge in [0.2, 0.25) is 0 Å². The van der Waals surface area contributed by atoms with Crippen LogP contribution in [0.1, 0.15) is 23.3 Å². The molecule has 0 aliphatic heterocycles. The Morgan fingerprint density at radius 2 is 1.08 bits per heavy atom. The monoisotopic (exact) mass is 408 g/mol. The van der Waals surface area contributed by atoms with Crippen LogP contribution in [-0.2, 0) is 9.59 Å². The number of benzene rings is 2. The Hall–Kier alpha value is -2.26. The van der Waals surface area contributed by atoms with Crippen molar-refractivity contribution in [2.24, 2.45) is 0 Å². The van der Waals surface area contributed by atoms with Crippen molar-refractivity contribution in [2.75, 3.05) is 0 Å². The molecule has 140 valence electrons. The first-order valence-electron chi connectivity index (χ1n) is 6.76. The van der Waals surface area contributed by atoms with Gasteiger partial charge in [-0.1, -0.05) is 35.3 Å². The van der Waals surface area contributed by atoms with Gasteiger partial charge in [0.25, 0.3) is 0 Å². The van der Waals surface area contributed by atoms with Gasteiger partial charge in [0.1, 0.15) is 11.6 Å². The van der Waals surface area contributed by atoms with Gasteiger partial charge < -0.3 is 20.4 Å². The highest BCUT2D eigenvalue weighted by Crippen LogP contribution is 2.21. The molecule has 0 aliphatic rings. The quantitative estimate of drug-likeness (QED) is 0.617. The van der Waals surface area contributed by atoms with Crippen molar-refractivity contribution in [3.8, 4) is 0 Å². The zero-order valence-corrected chi connectivity index (χ0v) is 14.2. The average molecular weight is 409 g/mol. The van der Waals surface area contributed by atoms with Crippen LogP contribution in [0.15, 0.2) is 36.4 Å². The molecule has 0 unspecified atom stereocenters. The lowest BCUT2D eigenvalue weighted by molar-refractivity contribution is -0.147. The molecule has 0 heterocycles. The number of hydrogen-bond acceptors (Lipinski definition) is 4. The maximum Gasteiger partial charge on any atom is 0.337 e. The van der Waals surface area contributed by atoms with Crippen molar-refractivity contribution in [1.29, 1.82) is 0 Å². The van der Waals surface area contributed by atoms with E-state index in [0.29, 0.717) is 0 Å². The maximum absolute atomic E-state index is 13.0. The molecular weight excluding hydrogens is 397 g/mol. The summed E-state index contributed by atoms with van der Waals surface area (Å²) < 4.78 is 25.9. The Morgan fingerprint density at radius 1 is 0.769 bits per heavy atom. The van der Waals surface area contributed by atoms with E-state index in [1.807, 2.05) is 0 Å². The number of rotatable bonds is 4. The van der Waals surface area contributed by atoms with Crippen molar-refractivity contribution in [3.63, 3.8) is 0 Å². The molecule has 0 aliphatic carbocycles. The molecule has 0 aromatic heterocycles. The lowest BCUT2D eigenvalue weighted by atomic mass is 10.1. The van der Waals surface area contributed by atoms with Crippen LogP contribution >= 0.6 is 23.2 Å². The molecule has 0 fully saturated rings. The molecular formula is C16H12Cl2F2O6. The minimum atomic E-state index is -1.85. The summed E-state index contributed by atoms with van der Waals surface area (Å²) in [4.78, 5) is 20.6. The van der Waals surface area contributed by atoms with Gasteiger partial charge in [-0.3, -0.25) is 0 Å². The van der Waals surface area contributed by atoms with Crippen molar-refractivity contribution in [2.45, 2.75) is 12.2 Å². The van der Waals surface area contributed by atoms with E-state index in [9.17, 15) is 18.4 Å². The third-order valence-electron chi connectivity index (χ3n) is 2.98. The van der Waals surface area contributed by atoms with E-state index in [4.69, 9.17) is 43.6 Å². The molecule has 0 bridgehead atoms. The van der Waals surface area contributed by atoms with Gasteiger partial charge in [0.05, 0.1) is 0 Å². The standard InChI is InChI=1S/2C8H6ClFO3/c2*9-4-1-2-5(6(10)3-4)7(11)8(12)13/h2*1-3,7,11H,(H,12,13)/t2*7-/m00/s1. The Bertz CT molecular complexity index is 748. The third kappa shape index (κ3) is 5.92. The molecule has 0 saturated heterocycles. The van der Waals surface area contributed by atoms with E-state index >= 15 is 0 Å². The van der Waals surface area contributed by atoms with Gasteiger partial charge in [-0.05, 0) is 24.3 Å². The number of aliphatic hydroxyl groups is 2. The fraction of sp³-hybridized carbons (Fsp3) is 0.125. The molecule has 2 aromatic rings. The van der Waals surface area contributed by atoms with E-state index in [1.165, 1.54) is 12.1 Å². The van der Waals surface area contributed by atoms with E-state index in [2.05, 4.69) is 0 Å². The van der Waals surface area contributed by atoms with Crippen LogP contribution in [0.4, 0.5) is 8.78 Å². The summed E-state index contributed by atoms with van der Waals surface area (Å²) in [6.07, 6.45) is -3.70. The smallest absolute Gasteiger partial charge is 0.337 e.